The third-order valence-electron chi connectivity index (χ3n) is 2.33. The van der Waals surface area contributed by atoms with Crippen molar-refractivity contribution in [3.05, 3.63) is 33.8 Å². The maximum absolute atomic E-state index is 8.91. The summed E-state index contributed by atoms with van der Waals surface area (Å²) in [7, 11) is 0. The molecule has 0 aromatic heterocycles. The van der Waals surface area contributed by atoms with E-state index in [1.807, 2.05) is 26.0 Å². The number of halogens is 1. The Morgan fingerprint density at radius 1 is 1.43 bits per heavy atom. The average molecular weight is 258 g/mol. The summed E-state index contributed by atoms with van der Waals surface area (Å²) in [6.07, 6.45) is 0.572. The van der Waals surface area contributed by atoms with E-state index < -0.39 is 5.54 Å². The molecule has 1 rings (SSSR count). The molecule has 0 radical (unpaired) electrons. The molecule has 0 aliphatic rings. The van der Waals surface area contributed by atoms with Crippen LogP contribution in [0.25, 0.3) is 0 Å². The van der Waals surface area contributed by atoms with Gasteiger partial charge in [0, 0.05) is 16.6 Å². The topological polar surface area (TPSA) is 46.2 Å². The van der Waals surface area contributed by atoms with Crippen LogP contribution in [0.3, 0.4) is 0 Å². The number of nitrogens with two attached hydrogens (primary N) is 1. The van der Waals surface area contributed by atoms with Crippen molar-refractivity contribution in [3.63, 3.8) is 0 Å². The first-order chi connectivity index (χ1) is 6.45. The van der Waals surface area contributed by atoms with Crippen molar-refractivity contribution in [2.45, 2.75) is 25.8 Å². The van der Waals surface area contributed by atoms with Crippen LogP contribution in [0.5, 0.6) is 0 Å². The highest BCUT2D eigenvalue weighted by Crippen LogP contribution is 2.25. The summed E-state index contributed by atoms with van der Waals surface area (Å²) in [6.45, 7) is 4.08. The van der Waals surface area contributed by atoms with Gasteiger partial charge in [-0.05, 0) is 43.5 Å². The molecule has 0 spiro atoms. The minimum absolute atomic E-state index is 0.110. The van der Waals surface area contributed by atoms with E-state index in [-0.39, 0.29) is 6.61 Å². The zero-order chi connectivity index (χ0) is 10.8. The van der Waals surface area contributed by atoms with Crippen LogP contribution in [-0.2, 0) is 5.54 Å². The molecule has 3 N–H and O–H groups in total. The monoisotopic (exact) mass is 257 g/mol. The van der Waals surface area contributed by atoms with Gasteiger partial charge in [-0.3, -0.25) is 0 Å². The molecule has 0 bridgehead atoms. The predicted molar refractivity (Wildman–Crippen MR) is 62.1 cm³/mol. The van der Waals surface area contributed by atoms with Crippen LogP contribution in [0.4, 0.5) is 0 Å². The Labute approximate surface area is 93.3 Å². The molecule has 0 aliphatic heterocycles. The number of aryl methyl sites for hydroxylation is 1. The van der Waals surface area contributed by atoms with Crippen LogP contribution in [0, 0.1) is 6.92 Å². The summed E-state index contributed by atoms with van der Waals surface area (Å²) in [5, 5.41) is 8.91. The van der Waals surface area contributed by atoms with Crippen molar-refractivity contribution in [1.29, 1.82) is 0 Å². The molecule has 1 aromatic rings. The molecule has 0 saturated heterocycles. The molecular formula is C11H16BrNO. The summed E-state index contributed by atoms with van der Waals surface area (Å²) < 4.78 is 1.03. The standard InChI is InChI=1S/C11H16BrNO/c1-8-5-9(7-10(12)6-8)11(2,13)3-4-14/h5-7,14H,3-4,13H2,1-2H3. The van der Waals surface area contributed by atoms with E-state index in [0.717, 1.165) is 10.0 Å². The van der Waals surface area contributed by atoms with Crippen molar-refractivity contribution in [3.8, 4) is 0 Å². The van der Waals surface area contributed by atoms with Gasteiger partial charge in [-0.1, -0.05) is 22.0 Å². The first kappa shape index (κ1) is 11.7. The normalized spacial score (nSPS) is 15.2. The predicted octanol–water partition coefficient (Wildman–Crippen LogP) is 2.31. The Balaban J connectivity index is 3.05. The maximum atomic E-state index is 8.91. The van der Waals surface area contributed by atoms with Crippen molar-refractivity contribution in [2.75, 3.05) is 6.61 Å². The molecule has 1 unspecified atom stereocenters. The highest BCUT2D eigenvalue weighted by molar-refractivity contribution is 9.10. The quantitative estimate of drug-likeness (QED) is 0.873. The summed E-state index contributed by atoms with van der Waals surface area (Å²) in [6, 6.07) is 6.10. The fourth-order valence-corrected chi connectivity index (χ4v) is 2.05. The van der Waals surface area contributed by atoms with Gasteiger partial charge in [-0.25, -0.2) is 0 Å². The average Bonchev–Trinajstić information content (AvgIpc) is 2.02. The second-order valence-electron chi connectivity index (χ2n) is 3.91. The van der Waals surface area contributed by atoms with Gasteiger partial charge in [0.25, 0.3) is 0 Å². The van der Waals surface area contributed by atoms with Crippen LogP contribution in [0.1, 0.15) is 24.5 Å². The Kier molecular flexibility index (Phi) is 3.70. The van der Waals surface area contributed by atoms with E-state index >= 15 is 0 Å². The van der Waals surface area contributed by atoms with Gasteiger partial charge in [-0.2, -0.15) is 0 Å². The van der Waals surface area contributed by atoms with Gasteiger partial charge in [0.1, 0.15) is 0 Å². The highest BCUT2D eigenvalue weighted by atomic mass is 79.9. The number of hydrogen-bond acceptors (Lipinski definition) is 2. The second kappa shape index (κ2) is 4.43. The Morgan fingerprint density at radius 2 is 2.07 bits per heavy atom. The third-order valence-corrected chi connectivity index (χ3v) is 2.79. The lowest BCUT2D eigenvalue weighted by Gasteiger charge is -2.25. The van der Waals surface area contributed by atoms with E-state index in [9.17, 15) is 0 Å². The summed E-state index contributed by atoms with van der Waals surface area (Å²) >= 11 is 3.44. The fraction of sp³-hybridized carbons (Fsp3) is 0.455. The molecule has 78 valence electrons. The molecule has 0 aliphatic carbocycles. The fourth-order valence-electron chi connectivity index (χ4n) is 1.44. The van der Waals surface area contributed by atoms with Crippen molar-refractivity contribution in [1.82, 2.24) is 0 Å². The van der Waals surface area contributed by atoms with Crippen molar-refractivity contribution >= 4 is 15.9 Å². The van der Waals surface area contributed by atoms with E-state index in [1.54, 1.807) is 0 Å². The number of benzene rings is 1. The zero-order valence-electron chi connectivity index (χ0n) is 8.55. The number of aliphatic hydroxyl groups is 1. The summed E-state index contributed by atoms with van der Waals surface area (Å²) in [4.78, 5) is 0. The molecule has 14 heavy (non-hydrogen) atoms. The van der Waals surface area contributed by atoms with Gasteiger partial charge >= 0.3 is 0 Å². The van der Waals surface area contributed by atoms with Gasteiger partial charge in [-0.15, -0.1) is 0 Å². The molecule has 0 heterocycles. The van der Waals surface area contributed by atoms with Crippen molar-refractivity contribution in [2.24, 2.45) is 5.73 Å². The molecule has 0 amide bonds. The van der Waals surface area contributed by atoms with Gasteiger partial charge in [0.2, 0.25) is 0 Å². The largest absolute Gasteiger partial charge is 0.396 e. The molecule has 0 fully saturated rings. The lowest BCUT2D eigenvalue weighted by atomic mass is 9.89. The Hall–Kier alpha value is -0.380. The summed E-state index contributed by atoms with van der Waals surface area (Å²) in [5.74, 6) is 0. The molecule has 3 heteroatoms. The van der Waals surface area contributed by atoms with Crippen LogP contribution >= 0.6 is 15.9 Å². The van der Waals surface area contributed by atoms with Gasteiger partial charge in [0.15, 0.2) is 0 Å². The van der Waals surface area contributed by atoms with Gasteiger partial charge in [0.05, 0.1) is 0 Å². The van der Waals surface area contributed by atoms with E-state index in [2.05, 4.69) is 22.0 Å². The Morgan fingerprint density at radius 3 is 2.57 bits per heavy atom. The number of rotatable bonds is 3. The van der Waals surface area contributed by atoms with E-state index in [0.29, 0.717) is 6.42 Å². The molecule has 2 nitrogen and oxygen atoms in total. The smallest absolute Gasteiger partial charge is 0.0451 e. The first-order valence-electron chi connectivity index (χ1n) is 4.63. The Bertz CT molecular complexity index is 303. The first-order valence-corrected chi connectivity index (χ1v) is 5.42. The lowest BCUT2D eigenvalue weighted by Crippen LogP contribution is -2.34. The van der Waals surface area contributed by atoms with Crippen molar-refractivity contribution < 1.29 is 5.11 Å². The SMILES string of the molecule is Cc1cc(Br)cc(C(C)(N)CCO)c1. The lowest BCUT2D eigenvalue weighted by molar-refractivity contribution is 0.247. The molecule has 1 atom stereocenters. The van der Waals surface area contributed by atoms with Crippen LogP contribution in [0.2, 0.25) is 0 Å². The van der Waals surface area contributed by atoms with Crippen LogP contribution in [-0.4, -0.2) is 11.7 Å². The number of hydrogen-bond donors (Lipinski definition) is 2. The third kappa shape index (κ3) is 2.80. The van der Waals surface area contributed by atoms with E-state index in [1.165, 1.54) is 5.56 Å². The van der Waals surface area contributed by atoms with E-state index in [4.69, 9.17) is 10.8 Å². The highest BCUT2D eigenvalue weighted by Gasteiger charge is 2.20. The van der Waals surface area contributed by atoms with Crippen LogP contribution in [0.15, 0.2) is 22.7 Å². The number of aliphatic hydroxyl groups excluding tert-OH is 1. The molecule has 1 aromatic carbocycles. The minimum Gasteiger partial charge on any atom is -0.396 e. The van der Waals surface area contributed by atoms with Gasteiger partial charge < -0.3 is 10.8 Å². The maximum Gasteiger partial charge on any atom is 0.0451 e. The minimum atomic E-state index is -0.455. The summed E-state index contributed by atoms with van der Waals surface area (Å²) in [5.41, 5.74) is 7.87. The molecule has 0 saturated carbocycles. The van der Waals surface area contributed by atoms with Crippen LogP contribution < -0.4 is 5.73 Å². The zero-order valence-corrected chi connectivity index (χ0v) is 10.1. The second-order valence-corrected chi connectivity index (χ2v) is 4.82. The molecular weight excluding hydrogens is 242 g/mol.